The maximum absolute atomic E-state index is 13.6. The fourth-order valence-electron chi connectivity index (χ4n) is 5.62. The number of amides is 5. The summed E-state index contributed by atoms with van der Waals surface area (Å²) < 4.78 is 41.8. The number of rotatable bonds is 44. The van der Waals surface area contributed by atoms with Crippen LogP contribution >= 0.6 is 6.72 Å². The summed E-state index contributed by atoms with van der Waals surface area (Å²) in [6.07, 6.45) is 20.4. The van der Waals surface area contributed by atoms with Gasteiger partial charge in [0.1, 0.15) is 19.8 Å². The van der Waals surface area contributed by atoms with E-state index in [1.54, 1.807) is 0 Å². The van der Waals surface area contributed by atoms with Crippen LogP contribution in [0, 0.1) is 37.0 Å². The van der Waals surface area contributed by atoms with Crippen LogP contribution in [0.15, 0.2) is 0 Å². The van der Waals surface area contributed by atoms with Crippen LogP contribution in [0.25, 0.3) is 0 Å². The number of unbranched alkanes of at least 4 members (excludes halogenated alkanes) is 3. The zero-order valence-electron chi connectivity index (χ0n) is 40.3. The summed E-state index contributed by atoms with van der Waals surface area (Å²) >= 11 is 4.80. The molecule has 19 nitrogen and oxygen atoms in total. The van der Waals surface area contributed by atoms with Gasteiger partial charge in [0.05, 0.1) is 66.1 Å². The van der Waals surface area contributed by atoms with Gasteiger partial charge in [-0.3, -0.25) is 24.0 Å². The predicted octanol–water partition coefficient (Wildman–Crippen LogP) is 7.72. The standard InChI is InChI=1S/C43H72N5O14PS.C3H8.6CH4.5H2/c1-5-25-56-32-35-59-29-22-45-39(50)15-18-43(19-16-40(51)46-23-30-60-36-33-57-26-6-2,20-17-41(52)47-24-31-61-37-34-58-27-7-3)48-42(53)14-12-13-38(49)44-21-10-8-9-11-28-62-63(54,64)55-4;1-3-2;;;;;;;;;;;/h1-3H,8-37H2,4H3,(H,44,49)(H,45,50)(H,46,51)(H,47,52)(H,48,53)(H,54,64);3H2,1-2H3;6*1H4;5*1H. The van der Waals surface area contributed by atoms with E-state index in [1.807, 2.05) is 0 Å². The molecular weight excluding hydrogens is 982 g/mol. The Kier molecular flexibility index (Phi) is 73.8. The van der Waals surface area contributed by atoms with E-state index in [1.165, 1.54) is 13.5 Å². The molecule has 442 valence electrons. The maximum Gasteiger partial charge on any atom is 0.324 e. The van der Waals surface area contributed by atoms with E-state index in [2.05, 4.69) is 58.2 Å². The lowest BCUT2D eigenvalue weighted by Crippen LogP contribution is -2.50. The third kappa shape index (κ3) is 60.8. The summed E-state index contributed by atoms with van der Waals surface area (Å²) in [6.45, 7) is 5.58. The largest absolute Gasteiger partial charge is 0.377 e. The third-order valence-corrected chi connectivity index (χ3v) is 10.7. The molecular formula is C52H114N5O14PS. The summed E-state index contributed by atoms with van der Waals surface area (Å²) in [4.78, 5) is 74.9. The van der Waals surface area contributed by atoms with Gasteiger partial charge in [-0.25, -0.2) is 0 Å². The van der Waals surface area contributed by atoms with E-state index in [0.29, 0.717) is 52.6 Å². The first-order valence-corrected chi connectivity index (χ1v) is 25.6. The topological polar surface area (TPSA) is 240 Å². The molecule has 0 radical (unpaired) electrons. The van der Waals surface area contributed by atoms with Crippen molar-refractivity contribution >= 4 is 48.1 Å². The molecule has 0 bridgehead atoms. The molecule has 0 aromatic rings. The Morgan fingerprint density at radius 3 is 1.19 bits per heavy atom. The fourth-order valence-corrected chi connectivity index (χ4v) is 6.31. The molecule has 73 heavy (non-hydrogen) atoms. The molecule has 0 fully saturated rings. The van der Waals surface area contributed by atoms with Crippen molar-refractivity contribution in [3.05, 3.63) is 0 Å². The van der Waals surface area contributed by atoms with E-state index in [-0.39, 0.29) is 205 Å². The molecule has 1 unspecified atom stereocenters. The SMILES string of the molecule is C.C.C.C.C.C.C#CCOCCOCCNC(=O)CCC(CCC(=O)NCCOCCOCC#C)(CCC(=O)NCCOCCOCC#C)NC(=O)CCCC(=O)NCCCCCCOP(O)(=S)OC.CCC.[HH].[HH].[HH].[HH].[HH]. The fraction of sp³-hybridized carbons (Fsp3) is 0.788. The number of hydrogen-bond acceptors (Lipinski definition) is 14. The second kappa shape index (κ2) is 62.6. The Labute approximate surface area is 456 Å². The maximum atomic E-state index is 13.6. The van der Waals surface area contributed by atoms with E-state index in [4.69, 9.17) is 68.5 Å². The molecule has 0 saturated heterocycles. The van der Waals surface area contributed by atoms with Crippen LogP contribution in [0.4, 0.5) is 0 Å². The highest BCUT2D eigenvalue weighted by Gasteiger charge is 2.33. The number of nitrogens with one attached hydrogen (secondary N) is 5. The number of hydrogen-bond donors (Lipinski definition) is 6. The minimum Gasteiger partial charge on any atom is -0.377 e. The van der Waals surface area contributed by atoms with Crippen LogP contribution in [-0.2, 0) is 73.2 Å². The Hall–Kier alpha value is -3.68. The Morgan fingerprint density at radius 1 is 0.493 bits per heavy atom. The minimum absolute atomic E-state index is 0. The van der Waals surface area contributed by atoms with Gasteiger partial charge in [0.2, 0.25) is 29.5 Å². The molecule has 0 aromatic carbocycles. The monoisotopic (exact) mass is 1100 g/mol. The van der Waals surface area contributed by atoms with Crippen molar-refractivity contribution in [2.75, 3.05) is 119 Å². The molecule has 0 aliphatic rings. The van der Waals surface area contributed by atoms with Gasteiger partial charge in [0.15, 0.2) is 0 Å². The summed E-state index contributed by atoms with van der Waals surface area (Å²) in [5, 5.41) is 14.3. The highest BCUT2D eigenvalue weighted by atomic mass is 32.5. The highest BCUT2D eigenvalue weighted by Crippen LogP contribution is 2.42. The van der Waals surface area contributed by atoms with Crippen molar-refractivity contribution in [2.45, 2.75) is 154 Å². The molecule has 0 aromatic heterocycles. The third-order valence-electron chi connectivity index (χ3n) is 8.96. The number of carbonyl (C=O) groups excluding carboxylic acids is 5. The molecule has 5 amide bonds. The van der Waals surface area contributed by atoms with Crippen molar-refractivity contribution in [3.8, 4) is 37.0 Å². The normalized spacial score (nSPS) is 10.7. The first kappa shape index (κ1) is 86.0. The summed E-state index contributed by atoms with van der Waals surface area (Å²) in [7, 11) is 1.30. The van der Waals surface area contributed by atoms with Gasteiger partial charge in [0.25, 0.3) is 0 Å². The quantitative estimate of drug-likeness (QED) is 0.0195. The van der Waals surface area contributed by atoms with Gasteiger partial charge in [-0.1, -0.05) is 95.4 Å². The first-order valence-electron chi connectivity index (χ1n) is 23.0. The van der Waals surface area contributed by atoms with Gasteiger partial charge in [-0.15, -0.1) is 19.3 Å². The molecule has 0 rings (SSSR count). The zero-order chi connectivity index (χ0) is 50.1. The number of terminal acetylenes is 3. The predicted molar refractivity (Wildman–Crippen MR) is 311 cm³/mol. The van der Waals surface area contributed by atoms with Gasteiger partial charge in [-0.2, -0.15) is 0 Å². The lowest BCUT2D eigenvalue weighted by atomic mass is 9.82. The van der Waals surface area contributed by atoms with E-state index in [0.717, 1.165) is 19.3 Å². The lowest BCUT2D eigenvalue weighted by Gasteiger charge is -2.35. The molecule has 6 N–H and O–H groups in total. The van der Waals surface area contributed by atoms with Gasteiger partial charge in [-0.05, 0) is 50.3 Å². The van der Waals surface area contributed by atoms with Crippen LogP contribution in [-0.4, -0.2) is 159 Å². The van der Waals surface area contributed by atoms with Gasteiger partial charge < -0.3 is 68.9 Å². The number of ether oxygens (including phenoxy) is 6. The molecule has 0 heterocycles. The minimum atomic E-state index is -3.16. The van der Waals surface area contributed by atoms with E-state index < -0.39 is 12.3 Å². The second-order valence-corrected chi connectivity index (χ2v) is 17.7. The molecule has 0 aliphatic carbocycles. The van der Waals surface area contributed by atoms with Crippen molar-refractivity contribution in [2.24, 2.45) is 0 Å². The smallest absolute Gasteiger partial charge is 0.324 e. The molecule has 0 saturated carbocycles. The summed E-state index contributed by atoms with van der Waals surface area (Å²) in [6, 6.07) is 0. The van der Waals surface area contributed by atoms with Crippen molar-refractivity contribution in [1.82, 2.24) is 26.6 Å². The Bertz CT molecular complexity index is 1410. The average molecular weight is 1100 g/mol. The van der Waals surface area contributed by atoms with Crippen LogP contribution in [0.3, 0.4) is 0 Å². The molecule has 0 aliphatic heterocycles. The number of carbonyl (C=O) groups is 5. The first-order chi connectivity index (χ1) is 32.3. The van der Waals surface area contributed by atoms with Crippen LogP contribution in [0.5, 0.6) is 0 Å². The highest BCUT2D eigenvalue weighted by molar-refractivity contribution is 8.07. The van der Waals surface area contributed by atoms with E-state index >= 15 is 0 Å². The summed E-state index contributed by atoms with van der Waals surface area (Å²) in [5.74, 6) is 5.57. The second-order valence-electron chi connectivity index (χ2n) is 14.8. The van der Waals surface area contributed by atoms with Crippen molar-refractivity contribution in [1.29, 1.82) is 0 Å². The van der Waals surface area contributed by atoms with Crippen molar-refractivity contribution < 1.29 is 73.5 Å². The van der Waals surface area contributed by atoms with Crippen LogP contribution in [0.1, 0.15) is 155 Å². The molecule has 0 spiro atoms. The summed E-state index contributed by atoms with van der Waals surface area (Å²) in [5.41, 5.74) is -1.15. The van der Waals surface area contributed by atoms with Crippen LogP contribution < -0.4 is 26.6 Å². The average Bonchev–Trinajstić information content (AvgIpc) is 3.30. The van der Waals surface area contributed by atoms with Crippen molar-refractivity contribution in [3.63, 3.8) is 0 Å². The zero-order valence-corrected chi connectivity index (χ0v) is 42.0. The van der Waals surface area contributed by atoms with Crippen LogP contribution in [0.2, 0.25) is 0 Å². The van der Waals surface area contributed by atoms with Gasteiger partial charge >= 0.3 is 6.72 Å². The van der Waals surface area contributed by atoms with E-state index in [9.17, 15) is 28.9 Å². The Balaban J connectivity index is -0.000000267. The van der Waals surface area contributed by atoms with Gasteiger partial charge in [0, 0.05) is 78.1 Å². The molecule has 1 atom stereocenters. The lowest BCUT2D eigenvalue weighted by molar-refractivity contribution is -0.128. The molecule has 21 heteroatoms. The Morgan fingerprint density at radius 2 is 0.822 bits per heavy atom.